The lowest BCUT2D eigenvalue weighted by molar-refractivity contribution is 0.588. The average molecular weight is 666 g/mol. The molecule has 0 aliphatic heterocycles. The van der Waals surface area contributed by atoms with Gasteiger partial charge >= 0.3 is 0 Å². The Labute approximate surface area is 265 Å². The van der Waals surface area contributed by atoms with Gasteiger partial charge in [-0.2, -0.15) is 0 Å². The van der Waals surface area contributed by atoms with Crippen LogP contribution in [0.1, 0.15) is 19.4 Å². The number of halogens is 4. The molecule has 45 heavy (non-hydrogen) atoms. The van der Waals surface area contributed by atoms with Crippen molar-refractivity contribution >= 4 is 72.5 Å². The van der Waals surface area contributed by atoms with Crippen molar-refractivity contribution in [3.63, 3.8) is 0 Å². The zero-order valence-corrected chi connectivity index (χ0v) is 25.7. The summed E-state index contributed by atoms with van der Waals surface area (Å²) in [6, 6.07) is 14.7. The molecule has 3 aromatic carbocycles. The molecule has 0 unspecified atom stereocenters. The molecule has 0 fully saturated rings. The van der Waals surface area contributed by atoms with Crippen molar-refractivity contribution in [3.8, 4) is 5.82 Å². The fourth-order valence-electron chi connectivity index (χ4n) is 4.69. The Morgan fingerprint density at radius 3 is 2.51 bits per heavy atom. The van der Waals surface area contributed by atoms with Crippen LogP contribution in [0.25, 0.3) is 32.7 Å². The molecule has 0 aliphatic carbocycles. The third-order valence-corrected chi connectivity index (χ3v) is 9.35. The van der Waals surface area contributed by atoms with Crippen LogP contribution < -0.4 is 10.0 Å². The highest BCUT2D eigenvalue weighted by Gasteiger charge is 2.30. The van der Waals surface area contributed by atoms with Gasteiger partial charge in [-0.3, -0.25) is 9.29 Å². The van der Waals surface area contributed by atoms with Gasteiger partial charge in [0, 0.05) is 13.8 Å². The Morgan fingerprint density at radius 1 is 0.956 bits per heavy atom. The van der Waals surface area contributed by atoms with E-state index in [0.29, 0.717) is 22.4 Å². The SMILES string of the molecule is [C-]#[N+]C(C)(C)c1cccc2c1ncn2-c1ccc2ncnc(Nc3c(F)ccc(NS(=O)(=O)c4cccc(Cl)c4Cl)c3F)c2n1. The van der Waals surface area contributed by atoms with Crippen LogP contribution >= 0.6 is 23.2 Å². The fraction of sp³-hybridized carbons (Fsp3) is 0.100. The molecule has 226 valence electrons. The summed E-state index contributed by atoms with van der Waals surface area (Å²) in [5.41, 5.74) is 0.569. The van der Waals surface area contributed by atoms with Gasteiger partial charge in [-0.05, 0) is 48.5 Å². The summed E-state index contributed by atoms with van der Waals surface area (Å²) in [5, 5.41) is 2.35. The Bertz CT molecular complexity index is 2310. The van der Waals surface area contributed by atoms with Crippen molar-refractivity contribution in [2.45, 2.75) is 24.3 Å². The second-order valence-electron chi connectivity index (χ2n) is 10.3. The monoisotopic (exact) mass is 664 g/mol. The van der Waals surface area contributed by atoms with Crippen molar-refractivity contribution < 1.29 is 17.2 Å². The highest BCUT2D eigenvalue weighted by molar-refractivity contribution is 7.92. The van der Waals surface area contributed by atoms with E-state index in [0.717, 1.165) is 17.7 Å². The van der Waals surface area contributed by atoms with Crippen LogP contribution in [-0.4, -0.2) is 32.9 Å². The summed E-state index contributed by atoms with van der Waals surface area (Å²) in [7, 11) is -4.41. The number of benzene rings is 3. The number of fused-ring (bicyclic) bond motifs is 2. The van der Waals surface area contributed by atoms with E-state index < -0.39 is 38.6 Å². The van der Waals surface area contributed by atoms with E-state index in [1.165, 1.54) is 24.5 Å². The molecule has 0 amide bonds. The quantitative estimate of drug-likeness (QED) is 0.168. The van der Waals surface area contributed by atoms with Crippen molar-refractivity contribution in [2.24, 2.45) is 0 Å². The smallest absolute Gasteiger partial charge is 0.263 e. The molecule has 0 radical (unpaired) electrons. The third-order valence-electron chi connectivity index (χ3n) is 7.01. The van der Waals surface area contributed by atoms with E-state index in [1.807, 2.05) is 32.0 Å². The average Bonchev–Trinajstić information content (AvgIpc) is 3.46. The van der Waals surface area contributed by atoms with Crippen LogP contribution in [0.15, 0.2) is 78.2 Å². The van der Waals surface area contributed by atoms with Crippen molar-refractivity contribution in [3.05, 3.63) is 112 Å². The predicted octanol–water partition coefficient (Wildman–Crippen LogP) is 7.65. The molecular weight excluding hydrogens is 645 g/mol. The van der Waals surface area contributed by atoms with Crippen molar-refractivity contribution in [2.75, 3.05) is 10.0 Å². The number of anilines is 3. The zero-order valence-electron chi connectivity index (χ0n) is 23.3. The number of rotatable bonds is 7. The Balaban J connectivity index is 1.40. The van der Waals surface area contributed by atoms with Gasteiger partial charge in [0.2, 0.25) is 0 Å². The van der Waals surface area contributed by atoms with Gasteiger partial charge in [-0.25, -0.2) is 43.7 Å². The first-order chi connectivity index (χ1) is 21.4. The highest BCUT2D eigenvalue weighted by atomic mass is 35.5. The van der Waals surface area contributed by atoms with E-state index in [4.69, 9.17) is 29.8 Å². The second-order valence-corrected chi connectivity index (χ2v) is 12.7. The number of nitrogens with one attached hydrogen (secondary N) is 2. The molecule has 0 bridgehead atoms. The van der Waals surface area contributed by atoms with Crippen molar-refractivity contribution in [1.82, 2.24) is 24.5 Å². The number of pyridine rings is 1. The van der Waals surface area contributed by atoms with Gasteiger partial charge in [0.25, 0.3) is 15.6 Å². The maximum Gasteiger partial charge on any atom is 0.263 e. The van der Waals surface area contributed by atoms with Crippen LogP contribution in [0.2, 0.25) is 10.0 Å². The van der Waals surface area contributed by atoms with E-state index in [1.54, 1.807) is 23.0 Å². The molecule has 6 rings (SSSR count). The Hall–Kier alpha value is -4.90. The van der Waals surface area contributed by atoms with Crippen LogP contribution in [0.4, 0.5) is 26.0 Å². The summed E-state index contributed by atoms with van der Waals surface area (Å²) in [5.74, 6) is -1.90. The Kier molecular flexibility index (Phi) is 7.52. The zero-order chi connectivity index (χ0) is 32.1. The highest BCUT2D eigenvalue weighted by Crippen LogP contribution is 2.35. The van der Waals surface area contributed by atoms with Gasteiger partial charge in [-0.15, -0.1) is 0 Å². The minimum atomic E-state index is -4.41. The fourth-order valence-corrected chi connectivity index (χ4v) is 6.51. The first-order valence-corrected chi connectivity index (χ1v) is 15.3. The summed E-state index contributed by atoms with van der Waals surface area (Å²) in [6.07, 6.45) is 2.77. The maximum absolute atomic E-state index is 15.7. The largest absolute Gasteiger partial charge is 0.333 e. The second kappa shape index (κ2) is 11.2. The molecule has 0 aliphatic rings. The molecule has 2 N–H and O–H groups in total. The number of para-hydroxylation sites is 1. The number of nitrogens with zero attached hydrogens (tertiary/aromatic N) is 6. The topological polar surface area (TPSA) is 119 Å². The molecule has 0 atom stereocenters. The number of aromatic nitrogens is 5. The first kappa shape index (κ1) is 30.1. The van der Waals surface area contributed by atoms with E-state index in [2.05, 4.69) is 34.8 Å². The molecule has 0 spiro atoms. The van der Waals surface area contributed by atoms with Crippen LogP contribution in [0.5, 0.6) is 0 Å². The van der Waals surface area contributed by atoms with Gasteiger partial charge < -0.3 is 10.2 Å². The Morgan fingerprint density at radius 2 is 1.73 bits per heavy atom. The number of sulfonamides is 1. The molecule has 6 aromatic rings. The lowest BCUT2D eigenvalue weighted by atomic mass is 9.94. The molecule has 3 heterocycles. The molecule has 0 saturated heterocycles. The van der Waals surface area contributed by atoms with Gasteiger partial charge in [0.1, 0.15) is 45.9 Å². The standard InChI is InChI=1S/C30H20Cl2F2N8O2S/c1-30(2,35-3)16-6-4-8-21-26(16)38-15-42(21)23-13-12-20-28(39-23)29(37-14-36-20)40-27-18(33)10-11-19(25(27)34)41-45(43,44)22-9-5-7-17(31)24(22)32/h4-15,41H,1-2H3,(H,36,37,40). The summed E-state index contributed by atoms with van der Waals surface area (Å²) < 4.78 is 60.5. The first-order valence-electron chi connectivity index (χ1n) is 13.1. The van der Waals surface area contributed by atoms with E-state index in [9.17, 15) is 8.42 Å². The number of hydrogen-bond acceptors (Lipinski definition) is 7. The summed E-state index contributed by atoms with van der Waals surface area (Å²) in [4.78, 5) is 20.9. The summed E-state index contributed by atoms with van der Waals surface area (Å²) >= 11 is 12.0. The molecule has 15 heteroatoms. The minimum Gasteiger partial charge on any atom is -0.333 e. The maximum atomic E-state index is 15.7. The van der Waals surface area contributed by atoms with E-state index >= 15 is 8.78 Å². The van der Waals surface area contributed by atoms with Crippen LogP contribution in [0.3, 0.4) is 0 Å². The minimum absolute atomic E-state index is 0.0136. The van der Waals surface area contributed by atoms with Crippen molar-refractivity contribution in [1.29, 1.82) is 0 Å². The molecule has 3 aromatic heterocycles. The third kappa shape index (κ3) is 5.37. The van der Waals surface area contributed by atoms with Crippen LogP contribution in [-0.2, 0) is 15.6 Å². The molecule has 0 saturated carbocycles. The van der Waals surface area contributed by atoms with Gasteiger partial charge in [0.15, 0.2) is 11.6 Å². The van der Waals surface area contributed by atoms with Crippen LogP contribution in [0, 0.1) is 18.2 Å². The summed E-state index contributed by atoms with van der Waals surface area (Å²) in [6.45, 7) is 11.2. The lowest BCUT2D eigenvalue weighted by Gasteiger charge is -2.15. The number of hydrogen-bond donors (Lipinski definition) is 2. The normalized spacial score (nSPS) is 11.9. The van der Waals surface area contributed by atoms with Gasteiger partial charge in [0.05, 0.1) is 32.3 Å². The van der Waals surface area contributed by atoms with Gasteiger partial charge in [-0.1, -0.05) is 35.3 Å². The predicted molar refractivity (Wildman–Crippen MR) is 169 cm³/mol. The number of imidazole rings is 1. The molecule has 10 nitrogen and oxygen atoms in total. The molecular formula is C30H20Cl2F2N8O2S. The lowest BCUT2D eigenvalue weighted by Crippen LogP contribution is -2.15. The van der Waals surface area contributed by atoms with E-state index in [-0.39, 0.29) is 26.3 Å².